The summed E-state index contributed by atoms with van der Waals surface area (Å²) in [7, 11) is 0. The maximum absolute atomic E-state index is 10.2. The van der Waals surface area contributed by atoms with E-state index in [2.05, 4.69) is 54.5 Å². The number of allylic oxidation sites excluding steroid dienone is 1. The summed E-state index contributed by atoms with van der Waals surface area (Å²) in [5.41, 5.74) is 2.60. The SMILES string of the molecule is CC(C)CCC[C@@H](C)C1CCC2C3CC=C4C[C@@H](O)CC[C@]4(C)C3CC[C@@]21C.CCC.[HH].[HH].[HH]. The van der Waals surface area contributed by atoms with Crippen molar-refractivity contribution < 1.29 is 9.39 Å². The van der Waals surface area contributed by atoms with Crippen molar-refractivity contribution in [2.24, 2.45) is 46.3 Å². The molecule has 4 aliphatic carbocycles. The maximum atomic E-state index is 10.2. The molecule has 0 aromatic heterocycles. The van der Waals surface area contributed by atoms with Gasteiger partial charge in [0.15, 0.2) is 0 Å². The topological polar surface area (TPSA) is 20.2 Å². The molecule has 1 N–H and O–H groups in total. The molecule has 4 unspecified atom stereocenters. The van der Waals surface area contributed by atoms with Gasteiger partial charge in [-0.3, -0.25) is 0 Å². The van der Waals surface area contributed by atoms with Gasteiger partial charge in [0.2, 0.25) is 0 Å². The number of aliphatic hydroxyl groups excluding tert-OH is 1. The lowest BCUT2D eigenvalue weighted by molar-refractivity contribution is -0.0573. The lowest BCUT2D eigenvalue weighted by Crippen LogP contribution is -2.50. The van der Waals surface area contributed by atoms with Gasteiger partial charge in [-0.2, -0.15) is 0 Å². The highest BCUT2D eigenvalue weighted by molar-refractivity contribution is 5.25. The first-order chi connectivity index (χ1) is 14.7. The van der Waals surface area contributed by atoms with E-state index in [4.69, 9.17) is 0 Å². The van der Waals surface area contributed by atoms with Gasteiger partial charge in [0, 0.05) is 4.28 Å². The molecule has 0 amide bonds. The molecule has 31 heavy (non-hydrogen) atoms. The van der Waals surface area contributed by atoms with Crippen molar-refractivity contribution in [1.82, 2.24) is 0 Å². The van der Waals surface area contributed by atoms with Gasteiger partial charge in [-0.15, -0.1) is 0 Å². The van der Waals surface area contributed by atoms with Crippen LogP contribution in [0.25, 0.3) is 0 Å². The van der Waals surface area contributed by atoms with Crippen LogP contribution in [0.1, 0.15) is 130 Å². The van der Waals surface area contributed by atoms with Crippen LogP contribution in [0, 0.1) is 46.3 Å². The smallest absolute Gasteiger partial charge is 0.0577 e. The molecular formula is C30H60O. The fourth-order valence-corrected chi connectivity index (χ4v) is 8.67. The van der Waals surface area contributed by atoms with Gasteiger partial charge in [-0.05, 0) is 97.7 Å². The third-order valence-electron chi connectivity index (χ3n) is 10.3. The van der Waals surface area contributed by atoms with Crippen molar-refractivity contribution in [3.05, 3.63) is 11.6 Å². The van der Waals surface area contributed by atoms with Crippen LogP contribution in [-0.4, -0.2) is 11.2 Å². The number of hydrogen-bond acceptors (Lipinski definition) is 1. The second-order valence-corrected chi connectivity index (χ2v) is 12.9. The molecule has 0 aromatic carbocycles. The molecule has 0 saturated heterocycles. The largest absolute Gasteiger partial charge is 0.393 e. The quantitative estimate of drug-likeness (QED) is 0.425. The van der Waals surface area contributed by atoms with Crippen molar-refractivity contribution in [1.29, 1.82) is 0 Å². The van der Waals surface area contributed by atoms with E-state index in [9.17, 15) is 5.11 Å². The fourth-order valence-electron chi connectivity index (χ4n) is 8.67. The Kier molecular flexibility index (Phi) is 8.43. The Labute approximate surface area is 199 Å². The standard InChI is InChI=1S/C27H46O.C3H8.3H2/c1-18(2)7-6-8-19(3)23-11-12-24-22-10-9-20-17-21(28)13-15-26(20,4)25(22)14-16-27(23,24)5;1-3-2;;;/h9,18-19,21-25,28H,6-8,10-17H2,1-5H3;3H2,1-2H3;3*1H/t19-,21+,22?,23?,24?,25?,26+,27-;;;;/m1..../s1. The van der Waals surface area contributed by atoms with Crippen LogP contribution in [0.3, 0.4) is 0 Å². The molecule has 186 valence electrons. The normalized spacial score (nSPS) is 42.6. The summed E-state index contributed by atoms with van der Waals surface area (Å²) in [5.74, 6) is 5.46. The summed E-state index contributed by atoms with van der Waals surface area (Å²) >= 11 is 0. The lowest BCUT2D eigenvalue weighted by atomic mass is 9.47. The van der Waals surface area contributed by atoms with E-state index in [0.717, 1.165) is 48.3 Å². The molecule has 0 aromatic rings. The number of rotatable bonds is 5. The van der Waals surface area contributed by atoms with Gasteiger partial charge in [0.05, 0.1) is 6.10 Å². The Bertz CT molecular complexity index is 620. The zero-order valence-electron chi connectivity index (χ0n) is 22.1. The van der Waals surface area contributed by atoms with Gasteiger partial charge in [0.1, 0.15) is 0 Å². The molecule has 0 radical (unpaired) electrons. The van der Waals surface area contributed by atoms with Gasteiger partial charge in [-0.25, -0.2) is 0 Å². The molecule has 1 heteroatoms. The molecule has 3 saturated carbocycles. The second kappa shape index (κ2) is 10.3. The molecule has 8 atom stereocenters. The van der Waals surface area contributed by atoms with Crippen LogP contribution in [0.4, 0.5) is 0 Å². The van der Waals surface area contributed by atoms with Crippen molar-refractivity contribution in [2.75, 3.05) is 0 Å². The Morgan fingerprint density at radius 3 is 2.39 bits per heavy atom. The van der Waals surface area contributed by atoms with Gasteiger partial charge in [-0.1, -0.05) is 85.8 Å². The minimum atomic E-state index is -0.0766. The molecular weight excluding hydrogens is 376 g/mol. The Balaban J connectivity index is 0.00000173. The predicted molar refractivity (Wildman–Crippen MR) is 141 cm³/mol. The molecule has 0 spiro atoms. The highest BCUT2D eigenvalue weighted by Gasteiger charge is 2.59. The van der Waals surface area contributed by atoms with E-state index in [1.54, 1.807) is 5.57 Å². The maximum Gasteiger partial charge on any atom is 0.0577 e. The number of aliphatic hydroxyl groups is 1. The first-order valence-corrected chi connectivity index (χ1v) is 14.0. The summed E-state index contributed by atoms with van der Waals surface area (Å²) in [6.07, 6.45) is 18.4. The second-order valence-electron chi connectivity index (χ2n) is 12.9. The summed E-state index contributed by atoms with van der Waals surface area (Å²) in [6, 6.07) is 0. The third-order valence-corrected chi connectivity index (χ3v) is 10.3. The van der Waals surface area contributed by atoms with Crippen LogP contribution in [-0.2, 0) is 0 Å². The predicted octanol–water partition coefficient (Wildman–Crippen LogP) is 9.54. The van der Waals surface area contributed by atoms with Gasteiger partial charge >= 0.3 is 0 Å². The summed E-state index contributed by atoms with van der Waals surface area (Å²) in [6.45, 7) is 16.8. The van der Waals surface area contributed by atoms with Crippen molar-refractivity contribution in [3.8, 4) is 0 Å². The van der Waals surface area contributed by atoms with Crippen LogP contribution in [0.15, 0.2) is 11.6 Å². The monoisotopic (exact) mass is 436 g/mol. The van der Waals surface area contributed by atoms with Crippen LogP contribution < -0.4 is 0 Å². The molecule has 4 aliphatic rings. The van der Waals surface area contributed by atoms with Gasteiger partial charge < -0.3 is 5.11 Å². The fraction of sp³-hybridized carbons (Fsp3) is 0.933. The Morgan fingerprint density at radius 1 is 1.00 bits per heavy atom. The Hall–Kier alpha value is -0.300. The highest BCUT2D eigenvalue weighted by Crippen LogP contribution is 2.67. The van der Waals surface area contributed by atoms with E-state index in [1.807, 2.05) is 0 Å². The van der Waals surface area contributed by atoms with E-state index in [0.29, 0.717) is 10.8 Å². The third kappa shape index (κ3) is 4.97. The van der Waals surface area contributed by atoms with Crippen molar-refractivity contribution >= 4 is 0 Å². The highest BCUT2D eigenvalue weighted by atomic mass is 16.3. The van der Waals surface area contributed by atoms with Gasteiger partial charge in [0.25, 0.3) is 0 Å². The van der Waals surface area contributed by atoms with Crippen LogP contribution in [0.2, 0.25) is 0 Å². The van der Waals surface area contributed by atoms with Crippen LogP contribution >= 0.6 is 0 Å². The minimum Gasteiger partial charge on any atom is -0.393 e. The molecule has 1 nitrogen and oxygen atoms in total. The van der Waals surface area contributed by atoms with E-state index in [1.165, 1.54) is 64.2 Å². The molecule has 4 rings (SSSR count). The molecule has 0 aliphatic heterocycles. The minimum absolute atomic E-state index is 0. The zero-order chi connectivity index (χ0) is 22.8. The van der Waals surface area contributed by atoms with E-state index in [-0.39, 0.29) is 10.4 Å². The molecule has 0 bridgehead atoms. The van der Waals surface area contributed by atoms with E-state index >= 15 is 0 Å². The van der Waals surface area contributed by atoms with E-state index < -0.39 is 0 Å². The summed E-state index contributed by atoms with van der Waals surface area (Å²) in [4.78, 5) is 0. The molecule has 3 fully saturated rings. The average molecular weight is 437 g/mol. The summed E-state index contributed by atoms with van der Waals surface area (Å²) in [5, 5.41) is 10.2. The first kappa shape index (κ1) is 25.3. The van der Waals surface area contributed by atoms with Crippen LogP contribution in [0.5, 0.6) is 0 Å². The Morgan fingerprint density at radius 2 is 1.71 bits per heavy atom. The number of fused-ring (bicyclic) bond motifs is 5. The number of hydrogen-bond donors (Lipinski definition) is 1. The molecule has 0 heterocycles. The van der Waals surface area contributed by atoms with Crippen molar-refractivity contribution in [2.45, 2.75) is 132 Å². The summed E-state index contributed by atoms with van der Waals surface area (Å²) < 4.78 is 0. The van der Waals surface area contributed by atoms with Crippen molar-refractivity contribution in [3.63, 3.8) is 0 Å². The lowest BCUT2D eigenvalue weighted by Gasteiger charge is -2.58. The first-order valence-electron chi connectivity index (χ1n) is 14.0. The average Bonchev–Trinajstić information content (AvgIpc) is 3.06. The zero-order valence-corrected chi connectivity index (χ0v) is 22.1.